The molecule has 0 heterocycles. The molecule has 1 rings (SSSR count). The highest BCUT2D eigenvalue weighted by Crippen LogP contribution is 2.04. The van der Waals surface area contributed by atoms with Crippen LogP contribution < -0.4 is 0 Å². The quantitative estimate of drug-likeness (QED) is 0.772. The fourth-order valence-electron chi connectivity index (χ4n) is 1.52. The fourth-order valence-corrected chi connectivity index (χ4v) is 1.52. The molecular weight excluding hydrogens is 174 g/mol. The third-order valence-electron chi connectivity index (χ3n) is 2.22. The van der Waals surface area contributed by atoms with E-state index in [2.05, 4.69) is 24.0 Å². The summed E-state index contributed by atoms with van der Waals surface area (Å²) in [7, 11) is 0. The predicted octanol–water partition coefficient (Wildman–Crippen LogP) is 1.89. The van der Waals surface area contributed by atoms with E-state index in [1.54, 1.807) is 0 Å². The van der Waals surface area contributed by atoms with Crippen molar-refractivity contribution in [3.8, 4) is 0 Å². The number of benzene rings is 1. The van der Waals surface area contributed by atoms with Gasteiger partial charge in [0.25, 0.3) is 0 Å². The van der Waals surface area contributed by atoms with Gasteiger partial charge in [0.15, 0.2) is 0 Å². The molecule has 2 heteroatoms. The van der Waals surface area contributed by atoms with E-state index in [0.29, 0.717) is 0 Å². The molecule has 1 N–H and O–H groups in total. The molecule has 0 saturated heterocycles. The van der Waals surface area contributed by atoms with E-state index >= 15 is 0 Å². The van der Waals surface area contributed by atoms with E-state index in [1.807, 2.05) is 25.1 Å². The van der Waals surface area contributed by atoms with Crippen LogP contribution in [0.5, 0.6) is 0 Å². The average molecular weight is 193 g/mol. The van der Waals surface area contributed by atoms with Crippen molar-refractivity contribution < 1.29 is 5.11 Å². The van der Waals surface area contributed by atoms with E-state index in [9.17, 15) is 5.11 Å². The normalized spacial score (nSPS) is 13.1. The van der Waals surface area contributed by atoms with E-state index in [0.717, 1.165) is 19.6 Å². The lowest BCUT2D eigenvalue weighted by atomic mass is 10.2. The van der Waals surface area contributed by atoms with E-state index in [-0.39, 0.29) is 6.10 Å². The monoisotopic (exact) mass is 193 g/mol. The lowest BCUT2D eigenvalue weighted by Crippen LogP contribution is -2.30. The number of rotatable bonds is 5. The van der Waals surface area contributed by atoms with E-state index < -0.39 is 0 Å². The van der Waals surface area contributed by atoms with Crippen molar-refractivity contribution in [3.05, 3.63) is 35.9 Å². The molecule has 0 bridgehead atoms. The zero-order valence-corrected chi connectivity index (χ0v) is 8.98. The largest absolute Gasteiger partial charge is 0.392 e. The molecule has 14 heavy (non-hydrogen) atoms. The van der Waals surface area contributed by atoms with Gasteiger partial charge in [-0.15, -0.1) is 0 Å². The lowest BCUT2D eigenvalue weighted by molar-refractivity contribution is 0.126. The fraction of sp³-hybridized carbons (Fsp3) is 0.500. The van der Waals surface area contributed by atoms with Gasteiger partial charge in [-0.2, -0.15) is 0 Å². The van der Waals surface area contributed by atoms with Gasteiger partial charge in [0.05, 0.1) is 6.10 Å². The summed E-state index contributed by atoms with van der Waals surface area (Å²) in [6.45, 7) is 6.58. The second-order valence-corrected chi connectivity index (χ2v) is 3.66. The molecule has 1 atom stereocenters. The standard InChI is InChI=1S/C12H19NO/c1-3-13(9-11(2)14)10-12-7-5-4-6-8-12/h4-8,11,14H,3,9-10H2,1-2H3/t11-/m1/s1. The predicted molar refractivity (Wildman–Crippen MR) is 59.1 cm³/mol. The van der Waals surface area contributed by atoms with E-state index in [4.69, 9.17) is 0 Å². The number of hydrogen-bond acceptors (Lipinski definition) is 2. The first kappa shape index (κ1) is 11.2. The van der Waals surface area contributed by atoms with Crippen LogP contribution in [0.3, 0.4) is 0 Å². The van der Waals surface area contributed by atoms with Crippen molar-refractivity contribution in [2.75, 3.05) is 13.1 Å². The first-order chi connectivity index (χ1) is 6.72. The molecule has 0 spiro atoms. The summed E-state index contributed by atoms with van der Waals surface area (Å²) >= 11 is 0. The molecule has 0 fully saturated rings. The lowest BCUT2D eigenvalue weighted by Gasteiger charge is -2.21. The van der Waals surface area contributed by atoms with Crippen molar-refractivity contribution in [1.29, 1.82) is 0 Å². The van der Waals surface area contributed by atoms with Gasteiger partial charge in [0, 0.05) is 13.1 Å². The molecule has 78 valence electrons. The van der Waals surface area contributed by atoms with Crippen LogP contribution in [0.2, 0.25) is 0 Å². The highest BCUT2D eigenvalue weighted by molar-refractivity contribution is 5.14. The first-order valence-corrected chi connectivity index (χ1v) is 5.16. The van der Waals surface area contributed by atoms with Gasteiger partial charge in [0.1, 0.15) is 0 Å². The molecule has 1 aromatic carbocycles. The highest BCUT2D eigenvalue weighted by Gasteiger charge is 2.05. The number of likely N-dealkylation sites (N-methyl/N-ethyl adjacent to an activating group) is 1. The van der Waals surface area contributed by atoms with Crippen molar-refractivity contribution in [2.24, 2.45) is 0 Å². The highest BCUT2D eigenvalue weighted by atomic mass is 16.3. The van der Waals surface area contributed by atoms with Gasteiger partial charge in [-0.3, -0.25) is 4.90 Å². The maximum Gasteiger partial charge on any atom is 0.0639 e. The summed E-state index contributed by atoms with van der Waals surface area (Å²) in [4.78, 5) is 2.24. The smallest absolute Gasteiger partial charge is 0.0639 e. The molecule has 0 aromatic heterocycles. The van der Waals surface area contributed by atoms with Crippen molar-refractivity contribution in [1.82, 2.24) is 4.90 Å². The SMILES string of the molecule is CCN(Cc1ccccc1)C[C@@H](C)O. The summed E-state index contributed by atoms with van der Waals surface area (Å²) in [5.41, 5.74) is 1.30. The van der Waals surface area contributed by atoms with Crippen LogP contribution in [-0.2, 0) is 6.54 Å². The molecule has 0 radical (unpaired) electrons. The Hall–Kier alpha value is -0.860. The molecule has 0 saturated carbocycles. The van der Waals surface area contributed by atoms with Crippen LogP contribution >= 0.6 is 0 Å². The molecule has 0 aliphatic carbocycles. The maximum absolute atomic E-state index is 9.29. The third-order valence-corrected chi connectivity index (χ3v) is 2.22. The number of aliphatic hydroxyl groups excluding tert-OH is 1. The topological polar surface area (TPSA) is 23.5 Å². The van der Waals surface area contributed by atoms with Gasteiger partial charge in [0.2, 0.25) is 0 Å². The minimum absolute atomic E-state index is 0.251. The van der Waals surface area contributed by atoms with Crippen molar-refractivity contribution in [2.45, 2.75) is 26.5 Å². The first-order valence-electron chi connectivity index (χ1n) is 5.16. The molecular formula is C12H19NO. The van der Waals surface area contributed by atoms with Crippen LogP contribution in [0, 0.1) is 0 Å². The van der Waals surface area contributed by atoms with Crippen LogP contribution in [0.25, 0.3) is 0 Å². The number of aliphatic hydroxyl groups is 1. The van der Waals surface area contributed by atoms with Crippen molar-refractivity contribution >= 4 is 0 Å². The summed E-state index contributed by atoms with van der Waals surface area (Å²) in [6.07, 6.45) is -0.251. The second kappa shape index (κ2) is 5.78. The molecule has 2 nitrogen and oxygen atoms in total. The van der Waals surface area contributed by atoms with Crippen LogP contribution in [0.15, 0.2) is 30.3 Å². The Kier molecular flexibility index (Phi) is 4.63. The van der Waals surface area contributed by atoms with Crippen LogP contribution in [0.1, 0.15) is 19.4 Å². The second-order valence-electron chi connectivity index (χ2n) is 3.66. The van der Waals surface area contributed by atoms with Gasteiger partial charge >= 0.3 is 0 Å². The molecule has 0 aliphatic heterocycles. The molecule has 1 aromatic rings. The Labute approximate surface area is 86.2 Å². The summed E-state index contributed by atoms with van der Waals surface area (Å²) in [5.74, 6) is 0. The Morgan fingerprint density at radius 2 is 1.93 bits per heavy atom. The van der Waals surface area contributed by atoms with Crippen molar-refractivity contribution in [3.63, 3.8) is 0 Å². The molecule has 0 aliphatic rings. The Morgan fingerprint density at radius 1 is 1.29 bits per heavy atom. The summed E-state index contributed by atoms with van der Waals surface area (Å²) in [5, 5.41) is 9.29. The Morgan fingerprint density at radius 3 is 2.43 bits per heavy atom. The minimum atomic E-state index is -0.251. The Balaban J connectivity index is 2.48. The van der Waals surface area contributed by atoms with Gasteiger partial charge in [-0.1, -0.05) is 37.3 Å². The van der Waals surface area contributed by atoms with Crippen LogP contribution in [-0.4, -0.2) is 29.2 Å². The summed E-state index contributed by atoms with van der Waals surface area (Å²) < 4.78 is 0. The zero-order chi connectivity index (χ0) is 10.4. The van der Waals surface area contributed by atoms with Gasteiger partial charge < -0.3 is 5.11 Å². The van der Waals surface area contributed by atoms with Gasteiger partial charge in [-0.25, -0.2) is 0 Å². The number of hydrogen-bond donors (Lipinski definition) is 1. The van der Waals surface area contributed by atoms with Gasteiger partial charge in [-0.05, 0) is 19.0 Å². The minimum Gasteiger partial charge on any atom is -0.392 e. The third kappa shape index (κ3) is 3.90. The Bertz CT molecular complexity index is 246. The average Bonchev–Trinajstić information content (AvgIpc) is 2.17. The molecule has 0 unspecified atom stereocenters. The zero-order valence-electron chi connectivity index (χ0n) is 8.98. The van der Waals surface area contributed by atoms with E-state index in [1.165, 1.54) is 5.56 Å². The molecule has 0 amide bonds. The number of nitrogens with zero attached hydrogens (tertiary/aromatic N) is 1. The maximum atomic E-state index is 9.29. The van der Waals surface area contributed by atoms with Crippen LogP contribution in [0.4, 0.5) is 0 Å². The summed E-state index contributed by atoms with van der Waals surface area (Å²) in [6, 6.07) is 10.3.